The van der Waals surface area contributed by atoms with Crippen LogP contribution in [0.3, 0.4) is 0 Å². The van der Waals surface area contributed by atoms with Gasteiger partial charge in [-0.05, 0) is 43.3 Å². The zero-order valence-corrected chi connectivity index (χ0v) is 11.4. The van der Waals surface area contributed by atoms with Crippen molar-refractivity contribution in [2.75, 3.05) is 13.1 Å². The van der Waals surface area contributed by atoms with E-state index in [-0.39, 0.29) is 5.82 Å². The highest BCUT2D eigenvalue weighted by atomic mass is 19.1. The molecule has 0 amide bonds. The van der Waals surface area contributed by atoms with E-state index in [1.807, 2.05) is 12.3 Å². The van der Waals surface area contributed by atoms with Crippen molar-refractivity contribution in [1.29, 1.82) is 0 Å². The van der Waals surface area contributed by atoms with Crippen molar-refractivity contribution in [2.45, 2.75) is 12.3 Å². The summed E-state index contributed by atoms with van der Waals surface area (Å²) in [5.41, 5.74) is 3.50. The number of pyridine rings is 1. The van der Waals surface area contributed by atoms with Crippen LogP contribution in [0.15, 0.2) is 36.5 Å². The number of hydrogen-bond donors (Lipinski definition) is 2. The number of aromatic amines is 1. The number of halogens is 1. The Balaban J connectivity index is 1.67. The molecule has 0 spiro atoms. The van der Waals surface area contributed by atoms with E-state index in [1.165, 1.54) is 12.1 Å². The van der Waals surface area contributed by atoms with Crippen molar-refractivity contribution in [2.24, 2.45) is 0 Å². The number of H-pyrrole nitrogens is 1. The van der Waals surface area contributed by atoms with Crippen LogP contribution in [0, 0.1) is 5.82 Å². The summed E-state index contributed by atoms with van der Waals surface area (Å²) in [6, 6.07) is 8.63. The van der Waals surface area contributed by atoms with Crippen molar-refractivity contribution in [3.05, 3.63) is 48.0 Å². The van der Waals surface area contributed by atoms with E-state index >= 15 is 0 Å². The summed E-state index contributed by atoms with van der Waals surface area (Å²) in [6.45, 7) is 2.06. The molecule has 0 radical (unpaired) electrons. The van der Waals surface area contributed by atoms with Crippen molar-refractivity contribution in [3.63, 3.8) is 0 Å². The molecular formula is C16H15FN4. The normalized spacial score (nSPS) is 18.4. The summed E-state index contributed by atoms with van der Waals surface area (Å²) in [4.78, 5) is 12.2. The van der Waals surface area contributed by atoms with Gasteiger partial charge in [-0.1, -0.05) is 0 Å². The van der Waals surface area contributed by atoms with E-state index in [0.29, 0.717) is 11.4 Å². The lowest BCUT2D eigenvalue weighted by Crippen LogP contribution is -2.08. The van der Waals surface area contributed by atoms with Gasteiger partial charge < -0.3 is 10.3 Å². The Bertz CT molecular complexity index is 773. The molecule has 0 saturated carbocycles. The maximum Gasteiger partial charge on any atom is 0.140 e. The van der Waals surface area contributed by atoms with Gasteiger partial charge in [0.15, 0.2) is 0 Å². The fraction of sp³-hybridized carbons (Fsp3) is 0.250. The van der Waals surface area contributed by atoms with Gasteiger partial charge >= 0.3 is 0 Å². The zero-order chi connectivity index (χ0) is 14.2. The van der Waals surface area contributed by atoms with Gasteiger partial charge in [-0.15, -0.1) is 0 Å². The molecule has 1 aromatic carbocycles. The number of fused-ring (bicyclic) bond motifs is 1. The number of benzene rings is 1. The molecule has 21 heavy (non-hydrogen) atoms. The van der Waals surface area contributed by atoms with Crippen LogP contribution >= 0.6 is 0 Å². The average molecular weight is 282 g/mol. The van der Waals surface area contributed by atoms with Gasteiger partial charge in [0.1, 0.15) is 11.6 Å². The summed E-state index contributed by atoms with van der Waals surface area (Å²) in [6.07, 6.45) is 2.97. The third-order valence-corrected chi connectivity index (χ3v) is 3.98. The van der Waals surface area contributed by atoms with Gasteiger partial charge in [0.25, 0.3) is 0 Å². The van der Waals surface area contributed by atoms with Crippen LogP contribution in [0.5, 0.6) is 0 Å². The van der Waals surface area contributed by atoms with Crippen molar-refractivity contribution in [3.8, 4) is 11.4 Å². The Labute approximate surface area is 121 Å². The molecule has 2 aromatic heterocycles. The van der Waals surface area contributed by atoms with Crippen LogP contribution in [0.2, 0.25) is 0 Å². The quantitative estimate of drug-likeness (QED) is 0.760. The molecule has 1 unspecified atom stereocenters. The number of hydrogen-bond acceptors (Lipinski definition) is 3. The third kappa shape index (κ3) is 2.29. The third-order valence-electron chi connectivity index (χ3n) is 3.98. The van der Waals surface area contributed by atoms with Crippen molar-refractivity contribution >= 4 is 11.0 Å². The first kappa shape index (κ1) is 12.5. The van der Waals surface area contributed by atoms with Crippen molar-refractivity contribution < 1.29 is 4.39 Å². The number of nitrogens with one attached hydrogen (secondary N) is 2. The van der Waals surface area contributed by atoms with Gasteiger partial charge in [-0.25, -0.2) is 9.37 Å². The Morgan fingerprint density at radius 3 is 2.90 bits per heavy atom. The van der Waals surface area contributed by atoms with Crippen LogP contribution in [0.4, 0.5) is 4.39 Å². The molecular weight excluding hydrogens is 267 g/mol. The summed E-state index contributed by atoms with van der Waals surface area (Å²) < 4.78 is 13.2. The number of imidazole rings is 1. The standard InChI is InChI=1S/C16H15FN4/c17-12-2-4-14-15(7-12)21-16(20-14)11-1-3-13(19-9-11)10-5-6-18-8-10/h1-4,7,9-10,18H,5-6,8H2,(H,20,21). The molecule has 3 aromatic rings. The molecule has 0 aliphatic carbocycles. The summed E-state index contributed by atoms with van der Waals surface area (Å²) in [5, 5.41) is 3.35. The first-order chi connectivity index (χ1) is 10.3. The van der Waals surface area contributed by atoms with E-state index in [9.17, 15) is 4.39 Å². The van der Waals surface area contributed by atoms with Crippen LogP contribution in [0.25, 0.3) is 22.4 Å². The Hall–Kier alpha value is -2.27. The molecule has 4 rings (SSSR count). The molecule has 3 heterocycles. The molecule has 1 fully saturated rings. The van der Waals surface area contributed by atoms with E-state index in [0.717, 1.165) is 42.1 Å². The second-order valence-electron chi connectivity index (χ2n) is 5.41. The highest BCUT2D eigenvalue weighted by Crippen LogP contribution is 2.24. The summed E-state index contributed by atoms with van der Waals surface area (Å²) in [7, 11) is 0. The first-order valence-electron chi connectivity index (χ1n) is 7.12. The zero-order valence-electron chi connectivity index (χ0n) is 11.4. The predicted molar refractivity (Wildman–Crippen MR) is 79.5 cm³/mol. The predicted octanol–water partition coefficient (Wildman–Crippen LogP) is 2.84. The molecule has 1 atom stereocenters. The van der Waals surface area contributed by atoms with E-state index in [4.69, 9.17) is 0 Å². The van der Waals surface area contributed by atoms with E-state index in [2.05, 4.69) is 26.3 Å². The van der Waals surface area contributed by atoms with Gasteiger partial charge in [0, 0.05) is 29.9 Å². The fourth-order valence-electron chi connectivity index (χ4n) is 2.81. The smallest absolute Gasteiger partial charge is 0.140 e. The minimum Gasteiger partial charge on any atom is -0.338 e. The largest absolute Gasteiger partial charge is 0.338 e. The topological polar surface area (TPSA) is 53.6 Å². The number of rotatable bonds is 2. The van der Waals surface area contributed by atoms with Gasteiger partial charge in [0.2, 0.25) is 0 Å². The Kier molecular flexibility index (Phi) is 2.93. The van der Waals surface area contributed by atoms with Crippen molar-refractivity contribution in [1.82, 2.24) is 20.3 Å². The van der Waals surface area contributed by atoms with Crippen LogP contribution in [0.1, 0.15) is 18.0 Å². The van der Waals surface area contributed by atoms with Crippen LogP contribution < -0.4 is 5.32 Å². The SMILES string of the molecule is Fc1ccc2nc(-c3ccc(C4CCNC4)nc3)[nH]c2c1. The maximum atomic E-state index is 13.2. The molecule has 2 N–H and O–H groups in total. The second kappa shape index (κ2) is 4.93. The second-order valence-corrected chi connectivity index (χ2v) is 5.41. The molecule has 0 bridgehead atoms. The van der Waals surface area contributed by atoms with E-state index < -0.39 is 0 Å². The molecule has 106 valence electrons. The average Bonchev–Trinajstić information content (AvgIpc) is 3.16. The molecule has 4 nitrogen and oxygen atoms in total. The lowest BCUT2D eigenvalue weighted by atomic mass is 10.0. The fourth-order valence-corrected chi connectivity index (χ4v) is 2.81. The monoisotopic (exact) mass is 282 g/mol. The Morgan fingerprint density at radius 1 is 1.19 bits per heavy atom. The highest BCUT2D eigenvalue weighted by molar-refractivity contribution is 5.79. The lowest BCUT2D eigenvalue weighted by molar-refractivity contribution is 0.629. The molecule has 1 aliphatic rings. The lowest BCUT2D eigenvalue weighted by Gasteiger charge is -2.07. The molecule has 1 saturated heterocycles. The Morgan fingerprint density at radius 2 is 2.14 bits per heavy atom. The van der Waals surface area contributed by atoms with Gasteiger partial charge in [0.05, 0.1) is 11.0 Å². The number of aromatic nitrogens is 3. The number of nitrogens with zero attached hydrogens (tertiary/aromatic N) is 2. The molecule has 1 aliphatic heterocycles. The van der Waals surface area contributed by atoms with E-state index in [1.54, 1.807) is 6.07 Å². The summed E-state index contributed by atoms with van der Waals surface area (Å²) in [5.74, 6) is 0.961. The minimum absolute atomic E-state index is 0.264. The molecule has 5 heteroatoms. The minimum atomic E-state index is -0.264. The maximum absolute atomic E-state index is 13.2. The first-order valence-corrected chi connectivity index (χ1v) is 7.12. The van der Waals surface area contributed by atoms with Gasteiger partial charge in [-0.2, -0.15) is 0 Å². The highest BCUT2D eigenvalue weighted by Gasteiger charge is 2.17. The van der Waals surface area contributed by atoms with Crippen LogP contribution in [-0.2, 0) is 0 Å². The van der Waals surface area contributed by atoms with Gasteiger partial charge in [-0.3, -0.25) is 4.98 Å². The van der Waals surface area contributed by atoms with Crippen LogP contribution in [-0.4, -0.2) is 28.0 Å². The summed E-state index contributed by atoms with van der Waals surface area (Å²) >= 11 is 0.